The largest absolute Gasteiger partial charge is 0.524 e. The lowest BCUT2D eigenvalue weighted by atomic mass is 9.85. The van der Waals surface area contributed by atoms with Crippen molar-refractivity contribution in [3.05, 3.63) is 29.3 Å². The second-order valence-electron chi connectivity index (χ2n) is 5.77. The highest BCUT2D eigenvalue weighted by atomic mass is 31.2. The van der Waals surface area contributed by atoms with Gasteiger partial charge in [-0.25, -0.2) is 4.57 Å². The minimum absolute atomic E-state index is 0.228. The van der Waals surface area contributed by atoms with Crippen LogP contribution in [0.3, 0.4) is 0 Å². The highest BCUT2D eigenvalue weighted by molar-refractivity contribution is 7.46. The molecule has 0 atom stereocenters. The van der Waals surface area contributed by atoms with E-state index in [1.54, 1.807) is 6.07 Å². The fraction of sp³-hybridized carbons (Fsp3) is 0.571. The number of phosphoric ester groups is 1. The molecular weight excluding hydrogens is 263 g/mol. The summed E-state index contributed by atoms with van der Waals surface area (Å²) in [4.78, 5) is 18.0. The summed E-state index contributed by atoms with van der Waals surface area (Å²) < 4.78 is 15.9. The first-order valence-corrected chi connectivity index (χ1v) is 8.05. The van der Waals surface area contributed by atoms with Crippen LogP contribution in [0, 0.1) is 0 Å². The molecule has 1 rings (SSSR count). The van der Waals surface area contributed by atoms with Crippen LogP contribution in [0.5, 0.6) is 5.75 Å². The highest BCUT2D eigenvalue weighted by Gasteiger charge is 2.24. The van der Waals surface area contributed by atoms with Gasteiger partial charge in [-0.05, 0) is 29.9 Å². The monoisotopic (exact) mass is 286 g/mol. The van der Waals surface area contributed by atoms with Crippen LogP contribution in [0.1, 0.15) is 51.7 Å². The van der Waals surface area contributed by atoms with Crippen molar-refractivity contribution >= 4 is 7.82 Å². The average molecular weight is 286 g/mol. The molecule has 19 heavy (non-hydrogen) atoms. The van der Waals surface area contributed by atoms with Gasteiger partial charge in [0.25, 0.3) is 0 Å². The van der Waals surface area contributed by atoms with Crippen molar-refractivity contribution < 1.29 is 18.9 Å². The quantitative estimate of drug-likeness (QED) is 0.808. The van der Waals surface area contributed by atoms with Gasteiger partial charge in [-0.1, -0.05) is 46.2 Å². The second-order valence-corrected chi connectivity index (χ2v) is 6.93. The lowest BCUT2D eigenvalue weighted by molar-refractivity contribution is 0.280. The van der Waals surface area contributed by atoms with Crippen molar-refractivity contribution in [1.82, 2.24) is 0 Å². The molecule has 0 aliphatic heterocycles. The molecule has 0 saturated carbocycles. The Hall–Kier alpha value is -0.830. The summed E-state index contributed by atoms with van der Waals surface area (Å²) in [6, 6.07) is 5.65. The van der Waals surface area contributed by atoms with Gasteiger partial charge in [-0.2, -0.15) is 0 Å². The van der Waals surface area contributed by atoms with E-state index in [1.807, 2.05) is 32.9 Å². The summed E-state index contributed by atoms with van der Waals surface area (Å²) in [5, 5.41) is 0. The van der Waals surface area contributed by atoms with E-state index in [0.29, 0.717) is 0 Å². The zero-order chi connectivity index (χ0) is 14.7. The maximum atomic E-state index is 11.1. The lowest BCUT2D eigenvalue weighted by Gasteiger charge is -2.23. The Labute approximate surface area is 115 Å². The molecule has 0 amide bonds. The van der Waals surface area contributed by atoms with Crippen molar-refractivity contribution in [2.45, 2.75) is 52.4 Å². The van der Waals surface area contributed by atoms with Crippen molar-refractivity contribution in [2.75, 3.05) is 0 Å². The number of aryl methyl sites for hydroxylation is 1. The first-order chi connectivity index (χ1) is 8.63. The molecule has 0 saturated heterocycles. The van der Waals surface area contributed by atoms with E-state index < -0.39 is 7.82 Å². The van der Waals surface area contributed by atoms with E-state index in [1.165, 1.54) is 0 Å². The topological polar surface area (TPSA) is 66.8 Å². The summed E-state index contributed by atoms with van der Waals surface area (Å²) in [5.74, 6) is 0.287. The summed E-state index contributed by atoms with van der Waals surface area (Å²) in [5.41, 5.74) is 1.61. The van der Waals surface area contributed by atoms with Crippen molar-refractivity contribution in [2.24, 2.45) is 0 Å². The molecule has 0 fully saturated rings. The fourth-order valence-corrected chi connectivity index (χ4v) is 2.33. The van der Waals surface area contributed by atoms with Gasteiger partial charge >= 0.3 is 7.82 Å². The van der Waals surface area contributed by atoms with Gasteiger partial charge in [0, 0.05) is 5.56 Å². The minimum atomic E-state index is -4.53. The zero-order valence-corrected chi connectivity index (χ0v) is 12.9. The van der Waals surface area contributed by atoms with E-state index in [2.05, 4.69) is 6.92 Å². The molecule has 0 bridgehead atoms. The molecule has 0 unspecified atom stereocenters. The third-order valence-electron chi connectivity index (χ3n) is 2.89. The van der Waals surface area contributed by atoms with Crippen LogP contribution in [0.4, 0.5) is 0 Å². The van der Waals surface area contributed by atoms with E-state index >= 15 is 0 Å². The van der Waals surface area contributed by atoms with Crippen LogP contribution in [0.2, 0.25) is 0 Å². The molecule has 0 heterocycles. The van der Waals surface area contributed by atoms with Crippen molar-refractivity contribution in [1.29, 1.82) is 0 Å². The lowest BCUT2D eigenvalue weighted by Crippen LogP contribution is -2.13. The third kappa shape index (κ3) is 5.35. The molecule has 0 aliphatic carbocycles. The Balaban J connectivity index is 3.15. The Morgan fingerprint density at radius 2 is 1.89 bits per heavy atom. The normalized spacial score (nSPS) is 12.5. The molecule has 2 N–H and O–H groups in total. The maximum absolute atomic E-state index is 11.1. The van der Waals surface area contributed by atoms with E-state index in [0.717, 1.165) is 30.4 Å². The average Bonchev–Trinajstić information content (AvgIpc) is 2.22. The molecule has 0 spiro atoms. The van der Waals surface area contributed by atoms with Gasteiger partial charge in [0.15, 0.2) is 0 Å². The van der Waals surface area contributed by atoms with Crippen LogP contribution >= 0.6 is 7.82 Å². The van der Waals surface area contributed by atoms with Gasteiger partial charge in [-0.15, -0.1) is 0 Å². The molecule has 1 aromatic rings. The molecule has 108 valence electrons. The van der Waals surface area contributed by atoms with E-state index in [4.69, 9.17) is 14.3 Å². The molecular formula is C14H23O4P. The molecule has 0 radical (unpaired) electrons. The number of hydrogen-bond donors (Lipinski definition) is 2. The summed E-state index contributed by atoms with van der Waals surface area (Å²) in [7, 11) is -4.53. The van der Waals surface area contributed by atoms with Gasteiger partial charge in [0.05, 0.1) is 0 Å². The Morgan fingerprint density at radius 3 is 2.37 bits per heavy atom. The van der Waals surface area contributed by atoms with Crippen LogP contribution in [0.15, 0.2) is 18.2 Å². The van der Waals surface area contributed by atoms with Crippen molar-refractivity contribution in [3.8, 4) is 5.75 Å². The van der Waals surface area contributed by atoms with Crippen LogP contribution in [0.25, 0.3) is 0 Å². The molecule has 4 nitrogen and oxygen atoms in total. The smallest absolute Gasteiger partial charge is 0.404 e. The summed E-state index contributed by atoms with van der Waals surface area (Å²) >= 11 is 0. The standard InChI is InChI=1S/C14H23O4P/c1-5-6-7-11-8-9-12(14(2,3)4)13(10-11)18-19(15,16)17/h8-10H,5-7H2,1-4H3,(H2,15,16,17). The van der Waals surface area contributed by atoms with Gasteiger partial charge in [-0.3, -0.25) is 9.79 Å². The Morgan fingerprint density at radius 1 is 1.26 bits per heavy atom. The number of benzene rings is 1. The predicted octanol–water partition coefficient (Wildman–Crippen LogP) is 3.80. The number of hydrogen-bond acceptors (Lipinski definition) is 2. The molecule has 1 aromatic carbocycles. The van der Waals surface area contributed by atoms with E-state index in [-0.39, 0.29) is 11.2 Å². The SMILES string of the molecule is CCCCc1ccc(C(C)(C)C)c(OP(=O)(O)O)c1. The van der Waals surface area contributed by atoms with Gasteiger partial charge < -0.3 is 4.52 Å². The van der Waals surface area contributed by atoms with Crippen LogP contribution in [-0.4, -0.2) is 9.79 Å². The third-order valence-corrected chi connectivity index (χ3v) is 3.32. The summed E-state index contributed by atoms with van der Waals surface area (Å²) in [6.45, 7) is 8.07. The highest BCUT2D eigenvalue weighted by Crippen LogP contribution is 2.42. The Kier molecular flexibility index (Phi) is 5.19. The first kappa shape index (κ1) is 16.2. The molecule has 0 aliphatic rings. The Bertz CT molecular complexity index is 471. The molecule has 0 aromatic heterocycles. The minimum Gasteiger partial charge on any atom is -0.404 e. The predicted molar refractivity (Wildman–Crippen MR) is 76.4 cm³/mol. The zero-order valence-electron chi connectivity index (χ0n) is 12.0. The number of phosphoric acid groups is 1. The fourth-order valence-electron chi connectivity index (χ4n) is 1.93. The summed E-state index contributed by atoms with van der Waals surface area (Å²) in [6.07, 6.45) is 3.01. The van der Waals surface area contributed by atoms with Crippen molar-refractivity contribution in [3.63, 3.8) is 0 Å². The number of unbranched alkanes of at least 4 members (excludes halogenated alkanes) is 1. The van der Waals surface area contributed by atoms with E-state index in [9.17, 15) is 4.57 Å². The van der Waals surface area contributed by atoms with Crippen LogP contribution < -0.4 is 4.52 Å². The van der Waals surface area contributed by atoms with Crippen LogP contribution in [-0.2, 0) is 16.4 Å². The molecule has 5 heteroatoms. The maximum Gasteiger partial charge on any atom is 0.524 e. The van der Waals surface area contributed by atoms with Gasteiger partial charge in [0.2, 0.25) is 0 Å². The van der Waals surface area contributed by atoms with Gasteiger partial charge in [0.1, 0.15) is 5.75 Å². The first-order valence-electron chi connectivity index (χ1n) is 6.52. The number of rotatable bonds is 5. The second kappa shape index (κ2) is 6.08.